The first kappa shape index (κ1) is 24.0. The van der Waals surface area contributed by atoms with Gasteiger partial charge in [-0.15, -0.1) is 0 Å². The van der Waals surface area contributed by atoms with Gasteiger partial charge in [0.15, 0.2) is 5.92 Å². The van der Waals surface area contributed by atoms with E-state index < -0.39 is 17.9 Å². The van der Waals surface area contributed by atoms with E-state index >= 15 is 0 Å². The van der Waals surface area contributed by atoms with Gasteiger partial charge in [-0.25, -0.2) is 0 Å². The normalized spacial score (nSPS) is 25.9. The molecule has 4 aliphatic rings. The van der Waals surface area contributed by atoms with Gasteiger partial charge >= 0.3 is 11.9 Å². The lowest BCUT2D eigenvalue weighted by Crippen LogP contribution is -2.48. The van der Waals surface area contributed by atoms with Crippen molar-refractivity contribution in [2.24, 2.45) is 17.8 Å². The lowest BCUT2D eigenvalue weighted by Gasteiger charge is -2.57. The predicted molar refractivity (Wildman–Crippen MR) is 143 cm³/mol. The molecule has 37 heavy (non-hydrogen) atoms. The number of fused-ring (bicyclic) bond motifs is 1. The molecule has 4 saturated carbocycles. The zero-order valence-corrected chi connectivity index (χ0v) is 21.8. The van der Waals surface area contributed by atoms with E-state index in [1.807, 2.05) is 12.1 Å². The highest BCUT2D eigenvalue weighted by molar-refractivity contribution is 6.02. The molecule has 0 amide bonds. The van der Waals surface area contributed by atoms with Gasteiger partial charge in [-0.05, 0) is 113 Å². The van der Waals surface area contributed by atoms with Gasteiger partial charge in [0.1, 0.15) is 5.75 Å². The van der Waals surface area contributed by atoms with Crippen LogP contribution in [-0.2, 0) is 24.5 Å². The third kappa shape index (κ3) is 4.09. The minimum absolute atomic E-state index is 0.249. The summed E-state index contributed by atoms with van der Waals surface area (Å²) in [5.41, 5.74) is 4.54. The van der Waals surface area contributed by atoms with Crippen LogP contribution < -0.4 is 4.74 Å². The second kappa shape index (κ2) is 9.20. The van der Waals surface area contributed by atoms with Crippen molar-refractivity contribution in [3.8, 4) is 16.9 Å². The number of benzene rings is 3. The Morgan fingerprint density at radius 2 is 1.27 bits per heavy atom. The molecule has 0 heterocycles. The lowest BCUT2D eigenvalue weighted by atomic mass is 9.48. The van der Waals surface area contributed by atoms with Crippen molar-refractivity contribution in [3.63, 3.8) is 0 Å². The molecule has 3 aromatic carbocycles. The zero-order chi connectivity index (χ0) is 25.7. The van der Waals surface area contributed by atoms with Gasteiger partial charge in [-0.2, -0.15) is 0 Å². The summed E-state index contributed by atoms with van der Waals surface area (Å²) in [6, 6.07) is 18.7. The molecular formula is C32H34O5. The van der Waals surface area contributed by atoms with Crippen molar-refractivity contribution in [1.82, 2.24) is 0 Å². The fraction of sp³-hybridized carbons (Fsp3) is 0.438. The SMILES string of the molecule is COC(=O)C(C(=O)OC)c1ccc2cc(-c3ccc(OC)c(C45CC6CC(CC(C6)C4)C5)c3)ccc2c1. The van der Waals surface area contributed by atoms with E-state index in [1.54, 1.807) is 13.2 Å². The number of ether oxygens (including phenoxy) is 3. The molecule has 192 valence electrons. The summed E-state index contributed by atoms with van der Waals surface area (Å²) < 4.78 is 15.6. The van der Waals surface area contributed by atoms with Crippen LogP contribution in [0.2, 0.25) is 0 Å². The van der Waals surface area contributed by atoms with Crippen LogP contribution in [0.15, 0.2) is 54.6 Å². The average molecular weight is 499 g/mol. The number of methoxy groups -OCH3 is 3. The van der Waals surface area contributed by atoms with Crippen LogP contribution in [0.5, 0.6) is 5.75 Å². The van der Waals surface area contributed by atoms with Crippen LogP contribution in [0.3, 0.4) is 0 Å². The maximum absolute atomic E-state index is 12.3. The molecule has 5 heteroatoms. The Morgan fingerprint density at radius 3 is 1.86 bits per heavy atom. The van der Waals surface area contributed by atoms with Gasteiger partial charge in [0, 0.05) is 5.56 Å². The molecular weight excluding hydrogens is 464 g/mol. The van der Waals surface area contributed by atoms with Crippen LogP contribution >= 0.6 is 0 Å². The van der Waals surface area contributed by atoms with Crippen LogP contribution in [-0.4, -0.2) is 33.3 Å². The standard InChI is InChI=1S/C32H34O5/c1-35-28-9-8-25(15-27(28)32-16-19-10-20(17-32)12-21(11-19)18-32)23-4-5-24-14-26(7-6-22(24)13-23)29(30(33)36-2)31(34)37-3/h4-9,13-15,19-21,29H,10-12,16-18H2,1-3H3. The number of carbonyl (C=O) groups is 2. The van der Waals surface area contributed by atoms with Crippen molar-refractivity contribution in [1.29, 1.82) is 0 Å². The summed E-state index contributed by atoms with van der Waals surface area (Å²) in [4.78, 5) is 24.5. The molecule has 0 spiro atoms. The first-order valence-electron chi connectivity index (χ1n) is 13.3. The van der Waals surface area contributed by atoms with E-state index in [9.17, 15) is 9.59 Å². The Bertz CT molecular complexity index is 1320. The Labute approximate surface area is 218 Å². The van der Waals surface area contributed by atoms with Crippen molar-refractivity contribution >= 4 is 22.7 Å². The highest BCUT2D eigenvalue weighted by atomic mass is 16.5. The van der Waals surface area contributed by atoms with Crippen molar-refractivity contribution in [2.75, 3.05) is 21.3 Å². The molecule has 0 atom stereocenters. The van der Waals surface area contributed by atoms with E-state index in [0.29, 0.717) is 5.56 Å². The van der Waals surface area contributed by atoms with Gasteiger partial charge in [0.05, 0.1) is 21.3 Å². The van der Waals surface area contributed by atoms with E-state index in [2.05, 4.69) is 36.4 Å². The highest BCUT2D eigenvalue weighted by Gasteiger charge is 2.52. The predicted octanol–water partition coefficient (Wildman–Crippen LogP) is 6.41. The topological polar surface area (TPSA) is 61.8 Å². The van der Waals surface area contributed by atoms with Crippen molar-refractivity contribution in [2.45, 2.75) is 49.9 Å². The molecule has 0 unspecified atom stereocenters. The second-order valence-electron chi connectivity index (χ2n) is 11.4. The summed E-state index contributed by atoms with van der Waals surface area (Å²) in [7, 11) is 4.35. The minimum Gasteiger partial charge on any atom is -0.496 e. The molecule has 0 aliphatic heterocycles. The molecule has 0 radical (unpaired) electrons. The Balaban J connectivity index is 1.36. The van der Waals surface area contributed by atoms with Crippen LogP contribution in [0.4, 0.5) is 0 Å². The van der Waals surface area contributed by atoms with Crippen LogP contribution in [0.25, 0.3) is 21.9 Å². The third-order valence-electron chi connectivity index (χ3n) is 9.21. The first-order valence-corrected chi connectivity index (χ1v) is 13.3. The fourth-order valence-electron chi connectivity index (χ4n) is 7.97. The number of hydrogen-bond acceptors (Lipinski definition) is 5. The summed E-state index contributed by atoms with van der Waals surface area (Å²) in [5, 5.41) is 2.00. The molecule has 7 rings (SSSR count). The van der Waals surface area contributed by atoms with E-state index in [0.717, 1.165) is 39.8 Å². The monoisotopic (exact) mass is 498 g/mol. The van der Waals surface area contributed by atoms with Gasteiger partial charge in [-0.3, -0.25) is 9.59 Å². The third-order valence-corrected chi connectivity index (χ3v) is 9.21. The molecule has 3 aromatic rings. The Kier molecular flexibility index (Phi) is 5.97. The smallest absolute Gasteiger partial charge is 0.324 e. The Morgan fingerprint density at radius 1 is 0.730 bits per heavy atom. The molecule has 0 aromatic heterocycles. The number of esters is 2. The maximum atomic E-state index is 12.3. The fourth-order valence-corrected chi connectivity index (χ4v) is 7.97. The van der Waals surface area contributed by atoms with Crippen molar-refractivity contribution in [3.05, 3.63) is 65.7 Å². The minimum atomic E-state index is -1.09. The van der Waals surface area contributed by atoms with E-state index in [-0.39, 0.29) is 5.41 Å². The second-order valence-corrected chi connectivity index (χ2v) is 11.4. The molecule has 0 N–H and O–H groups in total. The number of rotatable bonds is 6. The highest BCUT2D eigenvalue weighted by Crippen LogP contribution is 2.62. The first-order chi connectivity index (χ1) is 17.9. The van der Waals surface area contributed by atoms with E-state index in [4.69, 9.17) is 14.2 Å². The molecule has 4 aliphatic carbocycles. The van der Waals surface area contributed by atoms with Gasteiger partial charge < -0.3 is 14.2 Å². The summed E-state index contributed by atoms with van der Waals surface area (Å²) >= 11 is 0. The molecule has 0 saturated heterocycles. The van der Waals surface area contributed by atoms with E-state index in [1.165, 1.54) is 63.9 Å². The summed E-state index contributed by atoms with van der Waals surface area (Å²) in [5.74, 6) is 1.28. The quantitative estimate of drug-likeness (QED) is 0.290. The summed E-state index contributed by atoms with van der Waals surface area (Å²) in [6.45, 7) is 0. The molecule has 4 bridgehead atoms. The molecule has 5 nitrogen and oxygen atoms in total. The van der Waals surface area contributed by atoms with Crippen LogP contribution in [0, 0.1) is 17.8 Å². The van der Waals surface area contributed by atoms with Crippen molar-refractivity contribution < 1.29 is 23.8 Å². The van der Waals surface area contributed by atoms with Crippen LogP contribution in [0.1, 0.15) is 55.6 Å². The number of hydrogen-bond donors (Lipinski definition) is 0. The number of carbonyl (C=O) groups excluding carboxylic acids is 2. The average Bonchev–Trinajstić information content (AvgIpc) is 2.91. The Hall–Kier alpha value is -3.34. The van der Waals surface area contributed by atoms with Gasteiger partial charge in [0.2, 0.25) is 0 Å². The lowest BCUT2D eigenvalue weighted by molar-refractivity contribution is -0.154. The largest absolute Gasteiger partial charge is 0.496 e. The van der Waals surface area contributed by atoms with Gasteiger partial charge in [0.25, 0.3) is 0 Å². The molecule has 4 fully saturated rings. The zero-order valence-electron chi connectivity index (χ0n) is 21.8. The maximum Gasteiger partial charge on any atom is 0.324 e. The van der Waals surface area contributed by atoms with Gasteiger partial charge in [-0.1, -0.05) is 30.3 Å². The summed E-state index contributed by atoms with van der Waals surface area (Å²) in [6.07, 6.45) is 8.13.